The van der Waals surface area contributed by atoms with Crippen molar-refractivity contribution in [3.63, 3.8) is 0 Å². The quantitative estimate of drug-likeness (QED) is 0.386. The number of thiophene rings is 1. The van der Waals surface area contributed by atoms with Crippen LogP contribution in [0.25, 0.3) is 0 Å². The van der Waals surface area contributed by atoms with Gasteiger partial charge in [-0.05, 0) is 54.6 Å². The van der Waals surface area contributed by atoms with Gasteiger partial charge in [0.05, 0.1) is 20.3 Å². The zero-order valence-electron chi connectivity index (χ0n) is 22.2. The maximum absolute atomic E-state index is 12.8. The third kappa shape index (κ3) is 6.85. The number of methoxy groups -OCH3 is 2. The predicted molar refractivity (Wildman–Crippen MR) is 151 cm³/mol. The normalized spacial score (nSPS) is 15.4. The van der Waals surface area contributed by atoms with Gasteiger partial charge in [0.1, 0.15) is 0 Å². The average Bonchev–Trinajstić information content (AvgIpc) is 3.48. The molecule has 1 aliphatic rings. The minimum absolute atomic E-state index is 0.00330. The SMILES string of the molecule is COc1ccc(CCNC(=O)C(=O)NC(C)C(c2cccs2)N2CCN(c3ccccc3)CC2)cc1OC. The molecule has 4 rings (SSSR count). The summed E-state index contributed by atoms with van der Waals surface area (Å²) in [6.45, 7) is 5.87. The van der Waals surface area contributed by atoms with Crippen molar-refractivity contribution in [1.82, 2.24) is 15.5 Å². The van der Waals surface area contributed by atoms with Crippen molar-refractivity contribution in [1.29, 1.82) is 0 Å². The summed E-state index contributed by atoms with van der Waals surface area (Å²) in [4.78, 5) is 31.4. The molecule has 2 unspecified atom stereocenters. The molecule has 8 nitrogen and oxygen atoms in total. The van der Waals surface area contributed by atoms with Crippen molar-refractivity contribution in [3.05, 3.63) is 76.5 Å². The summed E-state index contributed by atoms with van der Waals surface area (Å²) in [5.74, 6) is 0.0352. The van der Waals surface area contributed by atoms with Gasteiger partial charge in [-0.3, -0.25) is 14.5 Å². The van der Waals surface area contributed by atoms with E-state index in [1.54, 1.807) is 25.6 Å². The summed E-state index contributed by atoms with van der Waals surface area (Å²) in [7, 11) is 3.17. The molecule has 1 fully saturated rings. The number of nitrogens with zero attached hydrogens (tertiary/aromatic N) is 2. The van der Waals surface area contributed by atoms with E-state index >= 15 is 0 Å². The minimum Gasteiger partial charge on any atom is -0.493 e. The van der Waals surface area contributed by atoms with E-state index in [4.69, 9.17) is 9.47 Å². The number of hydrogen-bond acceptors (Lipinski definition) is 7. The fourth-order valence-electron chi connectivity index (χ4n) is 4.89. The van der Waals surface area contributed by atoms with Gasteiger partial charge in [-0.2, -0.15) is 0 Å². The number of carbonyl (C=O) groups excluding carboxylic acids is 2. The molecule has 0 bridgehead atoms. The molecule has 0 radical (unpaired) electrons. The zero-order valence-corrected chi connectivity index (χ0v) is 23.0. The first-order chi connectivity index (χ1) is 18.5. The number of hydrogen-bond donors (Lipinski definition) is 2. The van der Waals surface area contributed by atoms with E-state index in [0.29, 0.717) is 24.5 Å². The molecule has 9 heteroatoms. The molecule has 1 aromatic heterocycles. The summed E-state index contributed by atoms with van der Waals surface area (Å²) in [6.07, 6.45) is 0.568. The largest absolute Gasteiger partial charge is 0.493 e. The highest BCUT2D eigenvalue weighted by molar-refractivity contribution is 7.10. The lowest BCUT2D eigenvalue weighted by atomic mass is 10.0. The molecule has 3 aromatic rings. The Morgan fingerprint density at radius 3 is 2.32 bits per heavy atom. The van der Waals surface area contributed by atoms with Crippen molar-refractivity contribution >= 4 is 28.8 Å². The fourth-order valence-corrected chi connectivity index (χ4v) is 5.85. The molecule has 1 aliphatic heterocycles. The summed E-state index contributed by atoms with van der Waals surface area (Å²) in [5, 5.41) is 7.75. The van der Waals surface area contributed by atoms with Crippen LogP contribution < -0.4 is 25.0 Å². The Bertz CT molecular complexity index is 1180. The summed E-state index contributed by atoms with van der Waals surface area (Å²) in [6, 6.07) is 19.9. The van der Waals surface area contributed by atoms with Crippen LogP contribution in [-0.4, -0.2) is 69.7 Å². The number of anilines is 1. The number of rotatable bonds is 10. The van der Waals surface area contributed by atoms with Gasteiger partial charge >= 0.3 is 11.8 Å². The second-order valence-electron chi connectivity index (χ2n) is 9.28. The summed E-state index contributed by atoms with van der Waals surface area (Å²) in [5.41, 5.74) is 2.20. The highest BCUT2D eigenvalue weighted by atomic mass is 32.1. The van der Waals surface area contributed by atoms with Crippen LogP contribution in [0.4, 0.5) is 5.69 Å². The standard InChI is InChI=1S/C29H36N4O4S/c1-21(31-29(35)28(34)30-14-13-22-11-12-24(36-2)25(20-22)37-3)27(26-10-7-19-38-26)33-17-15-32(16-18-33)23-8-5-4-6-9-23/h4-12,19-21,27H,13-18H2,1-3H3,(H,30,34)(H,31,35). The van der Waals surface area contributed by atoms with Gasteiger partial charge < -0.3 is 25.0 Å². The Hall–Kier alpha value is -3.56. The number of nitrogens with one attached hydrogen (secondary N) is 2. The van der Waals surface area contributed by atoms with Gasteiger partial charge in [-0.1, -0.05) is 30.3 Å². The molecule has 202 valence electrons. The van der Waals surface area contributed by atoms with Crippen LogP contribution in [0.15, 0.2) is 66.0 Å². The molecule has 2 aromatic carbocycles. The number of ether oxygens (including phenoxy) is 2. The Morgan fingerprint density at radius 1 is 0.921 bits per heavy atom. The van der Waals surface area contributed by atoms with Crippen LogP contribution in [0.1, 0.15) is 23.4 Å². The van der Waals surface area contributed by atoms with E-state index in [9.17, 15) is 9.59 Å². The molecule has 0 saturated carbocycles. The molecule has 2 N–H and O–H groups in total. The maximum atomic E-state index is 12.8. The molecule has 2 amide bonds. The highest BCUT2D eigenvalue weighted by Crippen LogP contribution is 2.30. The molecule has 1 saturated heterocycles. The van der Waals surface area contributed by atoms with Gasteiger partial charge in [0.15, 0.2) is 11.5 Å². The maximum Gasteiger partial charge on any atom is 0.309 e. The molecular weight excluding hydrogens is 500 g/mol. The topological polar surface area (TPSA) is 83.1 Å². The first-order valence-electron chi connectivity index (χ1n) is 12.9. The van der Waals surface area contributed by atoms with Crippen LogP contribution in [0.2, 0.25) is 0 Å². The van der Waals surface area contributed by atoms with E-state index in [-0.39, 0.29) is 12.1 Å². The second-order valence-corrected chi connectivity index (χ2v) is 10.3. The number of amides is 2. The molecule has 2 atom stereocenters. The van der Waals surface area contributed by atoms with Crippen LogP contribution in [0.3, 0.4) is 0 Å². The van der Waals surface area contributed by atoms with E-state index < -0.39 is 11.8 Å². The van der Waals surface area contributed by atoms with Crippen LogP contribution in [0, 0.1) is 0 Å². The van der Waals surface area contributed by atoms with E-state index in [0.717, 1.165) is 31.7 Å². The van der Waals surface area contributed by atoms with Crippen LogP contribution >= 0.6 is 11.3 Å². The second kappa shape index (κ2) is 13.3. The predicted octanol–water partition coefficient (Wildman–Crippen LogP) is 3.49. The monoisotopic (exact) mass is 536 g/mol. The average molecular weight is 537 g/mol. The van der Waals surface area contributed by atoms with Gasteiger partial charge in [0.25, 0.3) is 0 Å². The van der Waals surface area contributed by atoms with E-state index in [1.165, 1.54) is 10.6 Å². The van der Waals surface area contributed by atoms with Crippen LogP contribution in [-0.2, 0) is 16.0 Å². The lowest BCUT2D eigenvalue weighted by Gasteiger charge is -2.42. The minimum atomic E-state index is -0.629. The lowest BCUT2D eigenvalue weighted by molar-refractivity contribution is -0.139. The molecule has 2 heterocycles. The Morgan fingerprint density at radius 2 is 1.66 bits per heavy atom. The number of piperazine rings is 1. The van der Waals surface area contributed by atoms with Crippen molar-refractivity contribution < 1.29 is 19.1 Å². The first-order valence-corrected chi connectivity index (χ1v) is 13.7. The van der Waals surface area contributed by atoms with Gasteiger partial charge in [-0.25, -0.2) is 0 Å². The van der Waals surface area contributed by atoms with Gasteiger partial charge in [-0.15, -0.1) is 11.3 Å². The third-order valence-corrected chi connectivity index (χ3v) is 7.79. The zero-order chi connectivity index (χ0) is 26.9. The first kappa shape index (κ1) is 27.5. The molecule has 0 aliphatic carbocycles. The van der Waals surface area contributed by atoms with Crippen molar-refractivity contribution in [2.45, 2.75) is 25.4 Å². The lowest BCUT2D eigenvalue weighted by Crippen LogP contribution is -2.53. The summed E-state index contributed by atoms with van der Waals surface area (Å²) >= 11 is 1.68. The number of benzene rings is 2. The summed E-state index contributed by atoms with van der Waals surface area (Å²) < 4.78 is 10.6. The van der Waals surface area contributed by atoms with E-state index in [2.05, 4.69) is 56.1 Å². The highest BCUT2D eigenvalue weighted by Gasteiger charge is 2.31. The molecule has 0 spiro atoms. The smallest absolute Gasteiger partial charge is 0.309 e. The number of carbonyl (C=O) groups is 2. The van der Waals surface area contributed by atoms with Gasteiger partial charge in [0, 0.05) is 49.3 Å². The fraction of sp³-hybridized carbons (Fsp3) is 0.379. The van der Waals surface area contributed by atoms with Crippen molar-refractivity contribution in [3.8, 4) is 11.5 Å². The van der Waals surface area contributed by atoms with Gasteiger partial charge in [0.2, 0.25) is 0 Å². The Kier molecular flexibility index (Phi) is 9.62. The van der Waals surface area contributed by atoms with Crippen molar-refractivity contribution in [2.24, 2.45) is 0 Å². The van der Waals surface area contributed by atoms with Crippen molar-refractivity contribution in [2.75, 3.05) is 51.8 Å². The molecule has 38 heavy (non-hydrogen) atoms. The third-order valence-electron chi connectivity index (χ3n) is 6.85. The van der Waals surface area contributed by atoms with E-state index in [1.807, 2.05) is 37.3 Å². The van der Waals surface area contributed by atoms with Crippen LogP contribution in [0.5, 0.6) is 11.5 Å². The number of para-hydroxylation sites is 1. The Balaban J connectivity index is 1.31. The Labute approximate surface area is 228 Å². The molecular formula is C29H36N4O4S.